The van der Waals surface area contributed by atoms with Gasteiger partial charge in [-0.3, -0.25) is 0 Å². The van der Waals surface area contributed by atoms with E-state index in [4.69, 9.17) is 23.7 Å². The molecule has 0 aromatic heterocycles. The molecule has 5 nitrogen and oxygen atoms in total. The van der Waals surface area contributed by atoms with E-state index in [1.165, 1.54) is 12.8 Å². The van der Waals surface area contributed by atoms with Gasteiger partial charge in [0, 0.05) is 25.0 Å². The normalized spacial score (nSPS) is 48.6. The summed E-state index contributed by atoms with van der Waals surface area (Å²) >= 11 is 0. The van der Waals surface area contributed by atoms with Crippen LogP contribution in [0.5, 0.6) is 0 Å². The van der Waals surface area contributed by atoms with Gasteiger partial charge in [-0.2, -0.15) is 0 Å². The average molecular weight is 346 g/mol. The lowest BCUT2D eigenvalue weighted by molar-refractivity contribution is -0.363. The second-order valence-electron chi connectivity index (χ2n) is 8.19. The number of hydrogen-bond donors (Lipinski definition) is 0. The zero-order valence-corrected chi connectivity index (χ0v) is 14.9. The van der Waals surface area contributed by atoms with E-state index in [1.807, 2.05) is 30.3 Å². The van der Waals surface area contributed by atoms with Crippen LogP contribution in [-0.2, 0) is 23.7 Å². The zero-order valence-electron chi connectivity index (χ0n) is 14.9. The standard InChI is InChI=1S/C20H26O5/c1-19-9-8-16(19)20(23-12-19)10-14-15(25-18(20)21-2)11-22-17(24-14)13-6-4-3-5-7-13/h3-7,14-18H,8-12H2,1-2H3/t14-,15+,16+,17+,18-,19+,20-/m0/s1. The Kier molecular flexibility index (Phi) is 3.74. The fourth-order valence-corrected chi connectivity index (χ4v) is 5.23. The fraction of sp³-hybridized carbons (Fsp3) is 0.700. The van der Waals surface area contributed by atoms with Gasteiger partial charge in [0.1, 0.15) is 11.7 Å². The molecule has 0 unspecified atom stereocenters. The molecule has 0 bridgehead atoms. The second kappa shape index (κ2) is 5.76. The van der Waals surface area contributed by atoms with Crippen molar-refractivity contribution in [1.29, 1.82) is 0 Å². The lowest BCUT2D eigenvalue weighted by Crippen LogP contribution is -2.64. The first-order valence-corrected chi connectivity index (χ1v) is 9.29. The summed E-state index contributed by atoms with van der Waals surface area (Å²) in [4.78, 5) is 0. The summed E-state index contributed by atoms with van der Waals surface area (Å²) in [7, 11) is 1.71. The van der Waals surface area contributed by atoms with Crippen LogP contribution in [0.25, 0.3) is 0 Å². The van der Waals surface area contributed by atoms with Gasteiger partial charge >= 0.3 is 0 Å². The van der Waals surface area contributed by atoms with Crippen molar-refractivity contribution in [3.05, 3.63) is 35.9 Å². The number of hydrogen-bond acceptors (Lipinski definition) is 5. The Morgan fingerprint density at radius 1 is 1.12 bits per heavy atom. The molecule has 3 aliphatic heterocycles. The quantitative estimate of drug-likeness (QED) is 0.824. The predicted molar refractivity (Wildman–Crippen MR) is 89.8 cm³/mol. The molecule has 0 amide bonds. The predicted octanol–water partition coefficient (Wildman–Crippen LogP) is 3.05. The molecule has 1 aromatic rings. The molecule has 4 fully saturated rings. The molecular weight excluding hydrogens is 320 g/mol. The van der Waals surface area contributed by atoms with E-state index >= 15 is 0 Å². The molecule has 3 saturated heterocycles. The van der Waals surface area contributed by atoms with Crippen molar-refractivity contribution in [2.75, 3.05) is 20.3 Å². The van der Waals surface area contributed by atoms with Gasteiger partial charge in [-0.05, 0) is 18.3 Å². The Hall–Kier alpha value is -0.980. The number of rotatable bonds is 2. The van der Waals surface area contributed by atoms with Crippen molar-refractivity contribution in [3.8, 4) is 0 Å². The maximum absolute atomic E-state index is 6.39. The summed E-state index contributed by atoms with van der Waals surface area (Å²) in [6, 6.07) is 10.1. The Morgan fingerprint density at radius 3 is 2.64 bits per heavy atom. The van der Waals surface area contributed by atoms with Crippen LogP contribution >= 0.6 is 0 Å². The van der Waals surface area contributed by atoms with Gasteiger partial charge in [0.2, 0.25) is 0 Å². The first-order valence-electron chi connectivity index (χ1n) is 9.29. The Balaban J connectivity index is 1.39. The highest BCUT2D eigenvalue weighted by molar-refractivity contribution is 5.17. The first kappa shape index (κ1) is 16.2. The third kappa shape index (κ3) is 2.33. The molecule has 1 aliphatic carbocycles. The van der Waals surface area contributed by atoms with E-state index in [-0.39, 0.29) is 35.8 Å². The van der Waals surface area contributed by atoms with Gasteiger partial charge in [0.25, 0.3) is 0 Å². The number of benzene rings is 1. The summed E-state index contributed by atoms with van der Waals surface area (Å²) in [5, 5.41) is 0. The monoisotopic (exact) mass is 346 g/mol. The summed E-state index contributed by atoms with van der Waals surface area (Å²) in [6.45, 7) is 3.63. The SMILES string of the molecule is CO[C@H]1O[C@@H]2CO[C@@H](c3ccccc3)O[C@H]2C[C@@]12OC[C@@]1(C)CC[C@H]12. The first-order chi connectivity index (χ1) is 12.1. The molecule has 1 spiro atoms. The molecule has 0 radical (unpaired) electrons. The van der Waals surface area contributed by atoms with Crippen LogP contribution < -0.4 is 0 Å². The minimum atomic E-state index is -0.387. The number of fused-ring (bicyclic) bond motifs is 3. The Morgan fingerprint density at radius 2 is 1.96 bits per heavy atom. The summed E-state index contributed by atoms with van der Waals surface area (Å²) in [5.74, 6) is 0.479. The molecule has 136 valence electrons. The van der Waals surface area contributed by atoms with Gasteiger partial charge in [-0.1, -0.05) is 37.3 Å². The number of ether oxygens (including phenoxy) is 5. The fourth-order valence-electron chi connectivity index (χ4n) is 5.23. The minimum absolute atomic E-state index is 0.0340. The molecular formula is C20H26O5. The maximum atomic E-state index is 6.39. The smallest absolute Gasteiger partial charge is 0.187 e. The highest BCUT2D eigenvalue weighted by Crippen LogP contribution is 2.62. The van der Waals surface area contributed by atoms with Crippen molar-refractivity contribution >= 4 is 0 Å². The van der Waals surface area contributed by atoms with Gasteiger partial charge in [-0.15, -0.1) is 0 Å². The molecule has 3 heterocycles. The molecule has 1 saturated carbocycles. The molecule has 1 aromatic carbocycles. The molecule has 4 aliphatic rings. The number of methoxy groups -OCH3 is 1. The minimum Gasteiger partial charge on any atom is -0.369 e. The molecule has 25 heavy (non-hydrogen) atoms. The van der Waals surface area contributed by atoms with Gasteiger partial charge in [0.15, 0.2) is 12.6 Å². The van der Waals surface area contributed by atoms with Crippen molar-refractivity contribution in [2.45, 2.75) is 56.6 Å². The van der Waals surface area contributed by atoms with Crippen molar-refractivity contribution in [3.63, 3.8) is 0 Å². The highest BCUT2D eigenvalue weighted by Gasteiger charge is 2.67. The zero-order chi connectivity index (χ0) is 17.1. The largest absolute Gasteiger partial charge is 0.369 e. The van der Waals surface area contributed by atoms with Crippen molar-refractivity contribution in [2.24, 2.45) is 11.3 Å². The maximum Gasteiger partial charge on any atom is 0.187 e. The van der Waals surface area contributed by atoms with Crippen LogP contribution in [0.15, 0.2) is 30.3 Å². The van der Waals surface area contributed by atoms with Crippen LogP contribution in [0.2, 0.25) is 0 Å². The summed E-state index contributed by atoms with van der Waals surface area (Å²) < 4.78 is 30.6. The van der Waals surface area contributed by atoms with Crippen LogP contribution in [-0.4, -0.2) is 44.4 Å². The van der Waals surface area contributed by atoms with E-state index in [9.17, 15) is 0 Å². The van der Waals surface area contributed by atoms with Crippen molar-refractivity contribution in [1.82, 2.24) is 0 Å². The molecule has 5 rings (SSSR count). The Bertz CT molecular complexity index is 636. The summed E-state index contributed by atoms with van der Waals surface area (Å²) in [6.07, 6.45) is 2.39. The van der Waals surface area contributed by atoms with Gasteiger partial charge in [-0.25, -0.2) is 0 Å². The van der Waals surface area contributed by atoms with Gasteiger partial charge in [0.05, 0.1) is 19.3 Å². The Labute approximate surface area is 148 Å². The lowest BCUT2D eigenvalue weighted by Gasteiger charge is -2.54. The third-order valence-electron chi connectivity index (χ3n) is 6.73. The molecule has 7 atom stereocenters. The van der Waals surface area contributed by atoms with Crippen LogP contribution in [0, 0.1) is 11.3 Å². The average Bonchev–Trinajstić information content (AvgIpc) is 2.82. The molecule has 5 heteroatoms. The van der Waals surface area contributed by atoms with Gasteiger partial charge < -0.3 is 23.7 Å². The van der Waals surface area contributed by atoms with E-state index in [0.29, 0.717) is 12.5 Å². The van der Waals surface area contributed by atoms with Crippen molar-refractivity contribution < 1.29 is 23.7 Å². The second-order valence-corrected chi connectivity index (χ2v) is 8.19. The van der Waals surface area contributed by atoms with E-state index in [1.54, 1.807) is 7.11 Å². The van der Waals surface area contributed by atoms with Crippen LogP contribution in [0.3, 0.4) is 0 Å². The van der Waals surface area contributed by atoms with E-state index in [2.05, 4.69) is 6.92 Å². The summed E-state index contributed by atoms with van der Waals surface area (Å²) in [5.41, 5.74) is 0.919. The molecule has 0 N–H and O–H groups in total. The highest BCUT2D eigenvalue weighted by atomic mass is 16.8. The van der Waals surface area contributed by atoms with E-state index in [0.717, 1.165) is 18.6 Å². The third-order valence-corrected chi connectivity index (χ3v) is 6.73. The van der Waals surface area contributed by atoms with E-state index < -0.39 is 0 Å². The van der Waals surface area contributed by atoms with Crippen LogP contribution in [0.4, 0.5) is 0 Å². The van der Waals surface area contributed by atoms with Crippen LogP contribution in [0.1, 0.15) is 38.0 Å². The topological polar surface area (TPSA) is 46.2 Å². The lowest BCUT2D eigenvalue weighted by atomic mass is 9.56.